The standard InChI is InChI=1S/C13H12BrClFNS/c1-2-17-13(11-5-6-12(15)18-11)9-4-3-8(14)7-10(9)16/h3-7,13,17H,2H2,1H3. The maximum Gasteiger partial charge on any atom is 0.129 e. The van der Waals surface area contributed by atoms with Crippen LogP contribution in [0.25, 0.3) is 0 Å². The second kappa shape index (κ2) is 6.15. The molecule has 0 saturated carbocycles. The Morgan fingerprint density at radius 2 is 2.17 bits per heavy atom. The molecule has 0 saturated heterocycles. The van der Waals surface area contributed by atoms with Gasteiger partial charge in [0.2, 0.25) is 0 Å². The lowest BCUT2D eigenvalue weighted by molar-refractivity contribution is 0.562. The molecule has 5 heteroatoms. The van der Waals surface area contributed by atoms with E-state index in [2.05, 4.69) is 21.2 Å². The molecule has 1 nitrogen and oxygen atoms in total. The molecule has 0 aliphatic carbocycles. The molecule has 2 rings (SSSR count). The zero-order valence-electron chi connectivity index (χ0n) is 9.71. The van der Waals surface area contributed by atoms with Crippen LogP contribution in [0.2, 0.25) is 4.34 Å². The molecule has 1 heterocycles. The maximum absolute atomic E-state index is 14.0. The highest BCUT2D eigenvalue weighted by Crippen LogP contribution is 2.32. The molecule has 0 aliphatic rings. The van der Waals surface area contributed by atoms with Gasteiger partial charge >= 0.3 is 0 Å². The van der Waals surface area contributed by atoms with E-state index in [-0.39, 0.29) is 11.9 Å². The van der Waals surface area contributed by atoms with E-state index < -0.39 is 0 Å². The predicted octanol–water partition coefficient (Wildman–Crippen LogP) is 5.00. The smallest absolute Gasteiger partial charge is 0.129 e. The van der Waals surface area contributed by atoms with Crippen molar-refractivity contribution < 1.29 is 4.39 Å². The normalized spacial score (nSPS) is 12.7. The number of thiophene rings is 1. The van der Waals surface area contributed by atoms with Crippen LogP contribution < -0.4 is 5.32 Å². The molecule has 18 heavy (non-hydrogen) atoms. The van der Waals surface area contributed by atoms with Gasteiger partial charge in [-0.2, -0.15) is 0 Å². The van der Waals surface area contributed by atoms with Gasteiger partial charge in [0.15, 0.2) is 0 Å². The van der Waals surface area contributed by atoms with Gasteiger partial charge in [-0.25, -0.2) is 4.39 Å². The van der Waals surface area contributed by atoms with Crippen LogP contribution in [0.1, 0.15) is 23.4 Å². The Balaban J connectivity index is 2.41. The molecule has 0 aliphatic heterocycles. The van der Waals surface area contributed by atoms with E-state index in [9.17, 15) is 4.39 Å². The van der Waals surface area contributed by atoms with E-state index in [1.165, 1.54) is 17.4 Å². The maximum atomic E-state index is 14.0. The largest absolute Gasteiger partial charge is 0.306 e. The van der Waals surface area contributed by atoms with Crippen molar-refractivity contribution in [1.29, 1.82) is 0 Å². The summed E-state index contributed by atoms with van der Waals surface area (Å²) in [7, 11) is 0. The van der Waals surface area contributed by atoms with Gasteiger partial charge in [0.1, 0.15) is 5.82 Å². The Hall–Kier alpha value is -0.420. The molecule has 2 aromatic rings. The first-order valence-corrected chi connectivity index (χ1v) is 7.54. The van der Waals surface area contributed by atoms with Gasteiger partial charge in [0, 0.05) is 14.9 Å². The first-order chi connectivity index (χ1) is 8.61. The second-order valence-corrected chi connectivity index (χ2v) is 6.46. The summed E-state index contributed by atoms with van der Waals surface area (Å²) in [5, 5.41) is 3.29. The van der Waals surface area contributed by atoms with Crippen molar-refractivity contribution in [1.82, 2.24) is 5.32 Å². The van der Waals surface area contributed by atoms with E-state index in [0.29, 0.717) is 9.90 Å². The average Bonchev–Trinajstić information content (AvgIpc) is 2.73. The Bertz CT molecular complexity index is 544. The highest BCUT2D eigenvalue weighted by atomic mass is 79.9. The molecular weight excluding hydrogens is 337 g/mol. The van der Waals surface area contributed by atoms with Crippen LogP contribution in [-0.4, -0.2) is 6.54 Å². The van der Waals surface area contributed by atoms with Crippen LogP contribution in [-0.2, 0) is 0 Å². The van der Waals surface area contributed by atoms with Gasteiger partial charge in [-0.1, -0.05) is 40.5 Å². The summed E-state index contributed by atoms with van der Waals surface area (Å²) in [6.07, 6.45) is 0. The molecule has 1 N–H and O–H groups in total. The third-order valence-electron chi connectivity index (χ3n) is 2.56. The fourth-order valence-corrected chi connectivity index (χ4v) is 3.28. The summed E-state index contributed by atoms with van der Waals surface area (Å²) in [5.74, 6) is -0.222. The lowest BCUT2D eigenvalue weighted by Crippen LogP contribution is -2.22. The first kappa shape index (κ1) is 14.0. The third-order valence-corrected chi connectivity index (χ3v) is 4.35. The molecule has 0 fully saturated rings. The topological polar surface area (TPSA) is 12.0 Å². The van der Waals surface area contributed by atoms with E-state index >= 15 is 0 Å². The highest BCUT2D eigenvalue weighted by Gasteiger charge is 2.18. The zero-order chi connectivity index (χ0) is 13.1. The van der Waals surface area contributed by atoms with Crippen LogP contribution in [0.3, 0.4) is 0 Å². The molecular formula is C13H12BrClFNS. The van der Waals surface area contributed by atoms with Crippen LogP contribution in [0.15, 0.2) is 34.8 Å². The minimum absolute atomic E-state index is 0.152. The predicted molar refractivity (Wildman–Crippen MR) is 78.9 cm³/mol. The van der Waals surface area contributed by atoms with E-state index in [0.717, 1.165) is 15.9 Å². The SMILES string of the molecule is CCNC(c1ccc(Cl)s1)c1ccc(Br)cc1F. The fraction of sp³-hybridized carbons (Fsp3) is 0.231. The van der Waals surface area contributed by atoms with Gasteiger partial charge in [-0.15, -0.1) is 11.3 Å². The van der Waals surface area contributed by atoms with Crippen LogP contribution in [0.4, 0.5) is 4.39 Å². The average molecular weight is 349 g/mol. The third kappa shape index (κ3) is 3.12. The molecule has 1 atom stereocenters. The van der Waals surface area contributed by atoms with Gasteiger partial charge < -0.3 is 5.32 Å². The second-order valence-electron chi connectivity index (χ2n) is 3.80. The number of halogens is 3. The summed E-state index contributed by atoms with van der Waals surface area (Å²) < 4.78 is 15.5. The number of rotatable bonds is 4. The van der Waals surface area contributed by atoms with Crippen LogP contribution >= 0.6 is 38.9 Å². The fourth-order valence-electron chi connectivity index (χ4n) is 1.79. The van der Waals surface area contributed by atoms with Gasteiger partial charge in [0.25, 0.3) is 0 Å². The zero-order valence-corrected chi connectivity index (χ0v) is 12.9. The van der Waals surface area contributed by atoms with Gasteiger partial charge in [0.05, 0.1) is 10.4 Å². The van der Waals surface area contributed by atoms with Crippen LogP contribution in [0.5, 0.6) is 0 Å². The highest BCUT2D eigenvalue weighted by molar-refractivity contribution is 9.10. The van der Waals surface area contributed by atoms with Gasteiger partial charge in [-0.05, 0) is 30.8 Å². The molecule has 1 unspecified atom stereocenters. The Kier molecular flexibility index (Phi) is 4.78. The molecule has 0 bridgehead atoms. The number of hydrogen-bond acceptors (Lipinski definition) is 2. The van der Waals surface area contributed by atoms with Crippen molar-refractivity contribution in [3.8, 4) is 0 Å². The summed E-state index contributed by atoms with van der Waals surface area (Å²) >= 11 is 10.7. The molecule has 96 valence electrons. The summed E-state index contributed by atoms with van der Waals surface area (Å²) in [6, 6.07) is 8.73. The lowest BCUT2D eigenvalue weighted by atomic mass is 10.0. The van der Waals surface area contributed by atoms with Gasteiger partial charge in [-0.3, -0.25) is 0 Å². The van der Waals surface area contributed by atoms with Crippen molar-refractivity contribution in [3.05, 3.63) is 55.4 Å². The summed E-state index contributed by atoms with van der Waals surface area (Å²) in [5.41, 5.74) is 0.638. The van der Waals surface area contributed by atoms with Crippen molar-refractivity contribution in [2.24, 2.45) is 0 Å². The van der Waals surface area contributed by atoms with Crippen molar-refractivity contribution >= 4 is 38.9 Å². The number of benzene rings is 1. The molecule has 0 radical (unpaired) electrons. The molecule has 0 spiro atoms. The monoisotopic (exact) mass is 347 g/mol. The number of nitrogens with one attached hydrogen (secondary N) is 1. The van der Waals surface area contributed by atoms with E-state index in [4.69, 9.17) is 11.6 Å². The minimum atomic E-state index is -0.222. The van der Waals surface area contributed by atoms with Crippen molar-refractivity contribution in [3.63, 3.8) is 0 Å². The Labute approximate surface area is 123 Å². The molecule has 1 aromatic heterocycles. The summed E-state index contributed by atoms with van der Waals surface area (Å²) in [6.45, 7) is 2.76. The first-order valence-electron chi connectivity index (χ1n) is 5.55. The molecule has 1 aromatic carbocycles. The Morgan fingerprint density at radius 3 is 2.72 bits per heavy atom. The van der Waals surface area contributed by atoms with Crippen molar-refractivity contribution in [2.45, 2.75) is 13.0 Å². The number of hydrogen-bond donors (Lipinski definition) is 1. The minimum Gasteiger partial charge on any atom is -0.306 e. The van der Waals surface area contributed by atoms with E-state index in [1.807, 2.05) is 25.1 Å². The quantitative estimate of drug-likeness (QED) is 0.819. The summed E-state index contributed by atoms with van der Waals surface area (Å²) in [4.78, 5) is 1.02. The lowest BCUT2D eigenvalue weighted by Gasteiger charge is -2.17. The molecule has 0 amide bonds. The van der Waals surface area contributed by atoms with E-state index in [1.54, 1.807) is 6.07 Å². The van der Waals surface area contributed by atoms with Crippen molar-refractivity contribution in [2.75, 3.05) is 6.54 Å². The van der Waals surface area contributed by atoms with Crippen LogP contribution in [0, 0.1) is 5.82 Å². The Morgan fingerprint density at radius 1 is 1.39 bits per heavy atom.